The predicted molar refractivity (Wildman–Crippen MR) is 97.0 cm³/mol. The van der Waals surface area contributed by atoms with Gasteiger partial charge in [0.25, 0.3) is 5.91 Å². The third-order valence-corrected chi connectivity index (χ3v) is 6.92. The van der Waals surface area contributed by atoms with Gasteiger partial charge in [-0.15, -0.1) is 0 Å². The minimum atomic E-state index is -3.44. The first-order valence-corrected chi connectivity index (χ1v) is 10.4. The van der Waals surface area contributed by atoms with Gasteiger partial charge in [0.05, 0.1) is 4.90 Å². The van der Waals surface area contributed by atoms with Gasteiger partial charge in [-0.2, -0.15) is 9.41 Å². The molecule has 1 saturated carbocycles. The van der Waals surface area contributed by atoms with Crippen LogP contribution < -0.4 is 5.43 Å². The average molecular weight is 363 g/mol. The fourth-order valence-electron chi connectivity index (χ4n) is 3.38. The van der Waals surface area contributed by atoms with E-state index in [4.69, 9.17) is 0 Å². The highest BCUT2D eigenvalue weighted by atomic mass is 32.2. The molecule has 0 radical (unpaired) electrons. The summed E-state index contributed by atoms with van der Waals surface area (Å²) >= 11 is 0. The first kappa shape index (κ1) is 18.1. The van der Waals surface area contributed by atoms with E-state index in [1.807, 2.05) is 0 Å². The van der Waals surface area contributed by atoms with Crippen molar-refractivity contribution in [3.8, 4) is 0 Å². The van der Waals surface area contributed by atoms with E-state index in [0.29, 0.717) is 24.6 Å². The molecular weight excluding hydrogens is 338 g/mol. The second-order valence-electron chi connectivity index (χ2n) is 6.83. The molecule has 1 aromatic carbocycles. The molecule has 136 valence electrons. The summed E-state index contributed by atoms with van der Waals surface area (Å²) in [6, 6.07) is 6.09. The smallest absolute Gasteiger partial charge is 0.267 e. The Hall–Kier alpha value is -1.73. The molecule has 25 heavy (non-hydrogen) atoms. The lowest BCUT2D eigenvalue weighted by molar-refractivity contribution is 0.0954. The quantitative estimate of drug-likeness (QED) is 0.836. The maximum Gasteiger partial charge on any atom is 0.271 e. The molecule has 1 amide bonds. The summed E-state index contributed by atoms with van der Waals surface area (Å²) < 4.78 is 26.5. The lowest BCUT2D eigenvalue weighted by Crippen LogP contribution is -2.28. The average Bonchev–Trinajstić information content (AvgIpc) is 3.16. The third-order valence-electron chi connectivity index (χ3n) is 5.01. The molecule has 1 aliphatic carbocycles. The van der Waals surface area contributed by atoms with E-state index in [0.717, 1.165) is 37.8 Å². The second kappa shape index (κ2) is 7.66. The van der Waals surface area contributed by atoms with Crippen molar-refractivity contribution in [1.29, 1.82) is 0 Å². The Morgan fingerprint density at radius 1 is 1.12 bits per heavy atom. The topological polar surface area (TPSA) is 78.8 Å². The summed E-state index contributed by atoms with van der Waals surface area (Å²) in [5, 5.41) is 4.27. The highest BCUT2D eigenvalue weighted by molar-refractivity contribution is 7.89. The molecule has 2 aliphatic rings. The molecule has 1 aliphatic heterocycles. The van der Waals surface area contributed by atoms with Gasteiger partial charge in [0, 0.05) is 24.4 Å². The van der Waals surface area contributed by atoms with Crippen LogP contribution in [0.15, 0.2) is 34.3 Å². The summed E-state index contributed by atoms with van der Waals surface area (Å²) in [7, 11) is -3.44. The zero-order valence-electron chi connectivity index (χ0n) is 14.6. The minimum Gasteiger partial charge on any atom is -0.267 e. The predicted octanol–water partition coefficient (Wildman–Crippen LogP) is 2.77. The van der Waals surface area contributed by atoms with Crippen molar-refractivity contribution in [1.82, 2.24) is 9.73 Å². The number of hydrogen-bond donors (Lipinski definition) is 1. The van der Waals surface area contributed by atoms with Crippen molar-refractivity contribution < 1.29 is 13.2 Å². The van der Waals surface area contributed by atoms with Crippen LogP contribution in [0.1, 0.15) is 55.8 Å². The number of sulfonamides is 1. The van der Waals surface area contributed by atoms with Crippen molar-refractivity contribution in [2.45, 2.75) is 50.3 Å². The minimum absolute atomic E-state index is 0.234. The number of benzene rings is 1. The molecular formula is C18H25N3O3S. The van der Waals surface area contributed by atoms with Crippen LogP contribution in [0.5, 0.6) is 0 Å². The largest absolute Gasteiger partial charge is 0.271 e. The van der Waals surface area contributed by atoms with Gasteiger partial charge in [-0.3, -0.25) is 4.79 Å². The van der Waals surface area contributed by atoms with Gasteiger partial charge in [0.1, 0.15) is 0 Å². The maximum absolute atomic E-state index is 12.5. The van der Waals surface area contributed by atoms with Gasteiger partial charge in [0.15, 0.2) is 0 Å². The molecule has 0 spiro atoms. The molecule has 0 bridgehead atoms. The second-order valence-corrected chi connectivity index (χ2v) is 8.76. The lowest BCUT2D eigenvalue weighted by Gasteiger charge is -2.19. The molecule has 1 N–H and O–H groups in total. The maximum atomic E-state index is 12.5. The Balaban J connectivity index is 1.67. The van der Waals surface area contributed by atoms with Gasteiger partial charge in [-0.1, -0.05) is 13.3 Å². The molecule has 2 fully saturated rings. The summed E-state index contributed by atoms with van der Waals surface area (Å²) in [5.41, 5.74) is 4.05. The van der Waals surface area contributed by atoms with Crippen LogP contribution in [0, 0.1) is 5.92 Å². The van der Waals surface area contributed by atoms with E-state index in [2.05, 4.69) is 17.5 Å². The van der Waals surface area contributed by atoms with Crippen molar-refractivity contribution in [2.75, 3.05) is 13.1 Å². The molecule has 3 rings (SSSR count). The fourth-order valence-corrected chi connectivity index (χ4v) is 4.90. The van der Waals surface area contributed by atoms with Crippen molar-refractivity contribution in [2.24, 2.45) is 11.0 Å². The van der Waals surface area contributed by atoms with Gasteiger partial charge in [-0.25, -0.2) is 13.8 Å². The standard InChI is InChI=1S/C18H25N3O3S/c1-14-6-2-3-7-17(14)19-20-18(22)15-8-10-16(11-9-15)25(23,24)21-12-4-5-13-21/h8-11,14H,2-7,12-13H2,1H3,(H,20,22)/t14-/m0/s1. The van der Waals surface area contributed by atoms with E-state index in [1.54, 1.807) is 12.1 Å². The summed E-state index contributed by atoms with van der Waals surface area (Å²) in [4.78, 5) is 12.5. The van der Waals surface area contributed by atoms with Gasteiger partial charge in [0.2, 0.25) is 10.0 Å². The van der Waals surface area contributed by atoms with Crippen LogP contribution in [0.4, 0.5) is 0 Å². The van der Waals surface area contributed by atoms with Gasteiger partial charge >= 0.3 is 0 Å². The summed E-state index contributed by atoms with van der Waals surface area (Å²) in [6.45, 7) is 3.27. The summed E-state index contributed by atoms with van der Waals surface area (Å²) in [6.07, 6.45) is 6.16. The Morgan fingerprint density at radius 3 is 2.44 bits per heavy atom. The van der Waals surface area contributed by atoms with E-state index in [9.17, 15) is 13.2 Å². The molecule has 1 atom stereocenters. The monoisotopic (exact) mass is 363 g/mol. The Morgan fingerprint density at radius 2 is 1.80 bits per heavy atom. The van der Waals surface area contributed by atoms with Crippen LogP contribution in [0.3, 0.4) is 0 Å². The normalized spacial score (nSPS) is 23.7. The molecule has 6 nitrogen and oxygen atoms in total. The Labute approximate surface area is 149 Å². The van der Waals surface area contributed by atoms with E-state index in [-0.39, 0.29) is 10.8 Å². The SMILES string of the molecule is C[C@H]1CCCCC1=NNC(=O)c1ccc(S(=O)(=O)N2CCCC2)cc1. The zero-order valence-corrected chi connectivity index (χ0v) is 15.4. The van der Waals surface area contributed by atoms with E-state index >= 15 is 0 Å². The highest BCUT2D eigenvalue weighted by Gasteiger charge is 2.27. The number of nitrogens with zero attached hydrogens (tertiary/aromatic N) is 2. The van der Waals surface area contributed by atoms with Crippen LogP contribution in [0.2, 0.25) is 0 Å². The molecule has 1 heterocycles. The summed E-state index contributed by atoms with van der Waals surface area (Å²) in [5.74, 6) is 0.0948. The number of hydrogen-bond acceptors (Lipinski definition) is 4. The van der Waals surface area contributed by atoms with Crippen LogP contribution in [-0.4, -0.2) is 37.4 Å². The number of amides is 1. The van der Waals surface area contributed by atoms with Crippen LogP contribution in [-0.2, 0) is 10.0 Å². The van der Waals surface area contributed by atoms with Gasteiger partial charge < -0.3 is 0 Å². The van der Waals surface area contributed by atoms with Crippen molar-refractivity contribution >= 4 is 21.6 Å². The van der Waals surface area contributed by atoms with E-state index in [1.165, 1.54) is 22.9 Å². The van der Waals surface area contributed by atoms with Crippen molar-refractivity contribution in [3.63, 3.8) is 0 Å². The third kappa shape index (κ3) is 4.10. The van der Waals surface area contributed by atoms with Crippen LogP contribution >= 0.6 is 0 Å². The first-order valence-electron chi connectivity index (χ1n) is 8.95. The number of carbonyl (C=O) groups is 1. The fraction of sp³-hybridized carbons (Fsp3) is 0.556. The Bertz CT molecular complexity index is 750. The Kier molecular flexibility index (Phi) is 5.54. The number of hydrazone groups is 1. The zero-order chi connectivity index (χ0) is 17.9. The highest BCUT2D eigenvalue weighted by Crippen LogP contribution is 2.22. The van der Waals surface area contributed by atoms with Crippen LogP contribution in [0.25, 0.3) is 0 Å². The first-order chi connectivity index (χ1) is 12.0. The molecule has 1 saturated heterocycles. The number of carbonyl (C=O) groups excluding carboxylic acids is 1. The van der Waals surface area contributed by atoms with Gasteiger partial charge in [-0.05, 0) is 62.3 Å². The number of rotatable bonds is 4. The number of nitrogens with one attached hydrogen (secondary N) is 1. The molecule has 1 aromatic rings. The van der Waals surface area contributed by atoms with E-state index < -0.39 is 10.0 Å². The molecule has 0 unspecified atom stereocenters. The lowest BCUT2D eigenvalue weighted by atomic mass is 9.89. The molecule has 7 heteroatoms. The molecule has 0 aromatic heterocycles. The van der Waals surface area contributed by atoms with Crippen molar-refractivity contribution in [3.05, 3.63) is 29.8 Å².